The van der Waals surface area contributed by atoms with E-state index in [0.29, 0.717) is 16.6 Å². The highest BCUT2D eigenvalue weighted by molar-refractivity contribution is 6.05. The Morgan fingerprint density at radius 3 is 2.76 bits per heavy atom. The van der Waals surface area contributed by atoms with E-state index in [4.69, 9.17) is 0 Å². The summed E-state index contributed by atoms with van der Waals surface area (Å²) in [6, 6.07) is 11.8. The second-order valence-corrected chi connectivity index (χ2v) is 4.57. The lowest BCUT2D eigenvalue weighted by Crippen LogP contribution is -2.12. The fourth-order valence-electron chi connectivity index (χ4n) is 2.09. The Kier molecular flexibility index (Phi) is 3.23. The molecule has 0 saturated heterocycles. The van der Waals surface area contributed by atoms with Gasteiger partial charge in [0.15, 0.2) is 5.43 Å². The second kappa shape index (κ2) is 5.20. The Bertz CT molecular complexity index is 887. The third-order valence-electron chi connectivity index (χ3n) is 3.10. The molecule has 1 aromatic heterocycles. The topological polar surface area (TPSA) is 62.0 Å². The van der Waals surface area contributed by atoms with Crippen molar-refractivity contribution >= 4 is 22.5 Å². The van der Waals surface area contributed by atoms with Crippen LogP contribution in [0.3, 0.4) is 0 Å². The average Bonchev–Trinajstić information content (AvgIpc) is 2.47. The van der Waals surface area contributed by atoms with Crippen LogP contribution in [0.2, 0.25) is 0 Å². The molecule has 0 atom stereocenters. The lowest BCUT2D eigenvalue weighted by molar-refractivity contribution is 0.102. The number of anilines is 1. The number of hydrogen-bond donors (Lipinski definition) is 2. The van der Waals surface area contributed by atoms with Gasteiger partial charge < -0.3 is 10.3 Å². The zero-order valence-corrected chi connectivity index (χ0v) is 10.9. The van der Waals surface area contributed by atoms with E-state index in [1.165, 1.54) is 24.3 Å². The first-order chi connectivity index (χ1) is 10.1. The first-order valence-corrected chi connectivity index (χ1v) is 6.32. The molecule has 1 heterocycles. The van der Waals surface area contributed by atoms with Crippen LogP contribution in [-0.4, -0.2) is 10.9 Å². The predicted octanol–water partition coefficient (Wildman–Crippen LogP) is 2.92. The van der Waals surface area contributed by atoms with E-state index in [1.807, 2.05) is 0 Å². The zero-order chi connectivity index (χ0) is 14.8. The average molecular weight is 282 g/mol. The molecule has 5 heteroatoms. The SMILES string of the molecule is O=C(Nc1ccc2c(=O)cc[nH]c2c1)c1cccc(F)c1. The van der Waals surface area contributed by atoms with Gasteiger partial charge in [-0.1, -0.05) is 6.07 Å². The molecule has 2 aromatic carbocycles. The van der Waals surface area contributed by atoms with Crippen molar-refractivity contribution < 1.29 is 9.18 Å². The van der Waals surface area contributed by atoms with Crippen LogP contribution < -0.4 is 10.7 Å². The largest absolute Gasteiger partial charge is 0.361 e. The number of H-pyrrole nitrogens is 1. The van der Waals surface area contributed by atoms with Crippen molar-refractivity contribution in [3.05, 3.63) is 76.3 Å². The van der Waals surface area contributed by atoms with Gasteiger partial charge in [0, 0.05) is 28.9 Å². The Hall–Kier alpha value is -2.95. The number of pyridine rings is 1. The monoisotopic (exact) mass is 282 g/mol. The highest BCUT2D eigenvalue weighted by Gasteiger charge is 2.07. The lowest BCUT2D eigenvalue weighted by Gasteiger charge is -2.06. The van der Waals surface area contributed by atoms with Gasteiger partial charge in [0.1, 0.15) is 5.82 Å². The van der Waals surface area contributed by atoms with Crippen LogP contribution in [0.4, 0.5) is 10.1 Å². The molecule has 0 radical (unpaired) electrons. The zero-order valence-electron chi connectivity index (χ0n) is 10.9. The minimum atomic E-state index is -0.467. The minimum absolute atomic E-state index is 0.0910. The van der Waals surface area contributed by atoms with E-state index in [9.17, 15) is 14.0 Å². The first kappa shape index (κ1) is 13.1. The number of hydrogen-bond acceptors (Lipinski definition) is 2. The van der Waals surface area contributed by atoms with Gasteiger partial charge in [0.2, 0.25) is 0 Å². The van der Waals surface area contributed by atoms with E-state index in [2.05, 4.69) is 10.3 Å². The van der Waals surface area contributed by atoms with E-state index < -0.39 is 11.7 Å². The number of carbonyl (C=O) groups is 1. The third kappa shape index (κ3) is 2.67. The van der Waals surface area contributed by atoms with Gasteiger partial charge in [-0.15, -0.1) is 0 Å². The van der Waals surface area contributed by atoms with E-state index in [-0.39, 0.29) is 11.0 Å². The maximum Gasteiger partial charge on any atom is 0.255 e. The molecule has 0 spiro atoms. The van der Waals surface area contributed by atoms with Gasteiger partial charge in [0.05, 0.1) is 5.52 Å². The number of aromatic nitrogens is 1. The van der Waals surface area contributed by atoms with Gasteiger partial charge in [-0.05, 0) is 36.4 Å². The summed E-state index contributed by atoms with van der Waals surface area (Å²) in [5.41, 5.74) is 1.29. The van der Waals surface area contributed by atoms with Crippen molar-refractivity contribution in [3.63, 3.8) is 0 Å². The number of aromatic amines is 1. The number of nitrogens with one attached hydrogen (secondary N) is 2. The Labute approximate surface area is 119 Å². The quantitative estimate of drug-likeness (QED) is 0.759. The molecule has 0 aliphatic carbocycles. The number of benzene rings is 2. The van der Waals surface area contributed by atoms with Crippen LogP contribution in [0, 0.1) is 5.82 Å². The third-order valence-corrected chi connectivity index (χ3v) is 3.10. The smallest absolute Gasteiger partial charge is 0.255 e. The lowest BCUT2D eigenvalue weighted by atomic mass is 10.1. The van der Waals surface area contributed by atoms with Crippen LogP contribution >= 0.6 is 0 Å². The van der Waals surface area contributed by atoms with Crippen LogP contribution in [-0.2, 0) is 0 Å². The van der Waals surface area contributed by atoms with Crippen molar-refractivity contribution in [2.24, 2.45) is 0 Å². The number of halogens is 1. The molecule has 4 nitrogen and oxygen atoms in total. The van der Waals surface area contributed by atoms with Crippen molar-refractivity contribution in [1.29, 1.82) is 0 Å². The highest BCUT2D eigenvalue weighted by Crippen LogP contribution is 2.15. The maximum atomic E-state index is 13.1. The van der Waals surface area contributed by atoms with Crippen LogP contribution in [0.25, 0.3) is 10.9 Å². The number of rotatable bonds is 2. The summed E-state index contributed by atoms with van der Waals surface area (Å²) in [6.07, 6.45) is 1.54. The van der Waals surface area contributed by atoms with Gasteiger partial charge in [-0.2, -0.15) is 0 Å². The summed E-state index contributed by atoms with van der Waals surface area (Å²) in [5.74, 6) is -0.877. The Morgan fingerprint density at radius 2 is 1.95 bits per heavy atom. The number of fused-ring (bicyclic) bond motifs is 1. The molecule has 3 aromatic rings. The standard InChI is InChI=1S/C16H11FN2O2/c17-11-3-1-2-10(8-11)16(21)19-12-4-5-13-14(9-12)18-7-6-15(13)20/h1-9H,(H,18,20)(H,19,21). The molecular formula is C16H11FN2O2. The van der Waals surface area contributed by atoms with Crippen LogP contribution in [0.15, 0.2) is 59.5 Å². The fourth-order valence-corrected chi connectivity index (χ4v) is 2.09. The van der Waals surface area contributed by atoms with E-state index >= 15 is 0 Å². The fraction of sp³-hybridized carbons (Fsp3) is 0. The van der Waals surface area contributed by atoms with Crippen LogP contribution in [0.1, 0.15) is 10.4 Å². The Morgan fingerprint density at radius 1 is 1.10 bits per heavy atom. The molecule has 3 rings (SSSR count). The van der Waals surface area contributed by atoms with E-state index in [1.54, 1.807) is 24.4 Å². The molecular weight excluding hydrogens is 271 g/mol. The summed E-state index contributed by atoms with van der Waals surface area (Å²) in [7, 11) is 0. The van der Waals surface area contributed by atoms with Gasteiger partial charge in [-0.25, -0.2) is 4.39 Å². The number of amides is 1. The van der Waals surface area contributed by atoms with Crippen molar-refractivity contribution in [1.82, 2.24) is 4.98 Å². The molecule has 104 valence electrons. The first-order valence-electron chi connectivity index (χ1n) is 6.32. The molecule has 0 saturated carbocycles. The van der Waals surface area contributed by atoms with Crippen molar-refractivity contribution in [3.8, 4) is 0 Å². The normalized spacial score (nSPS) is 10.5. The molecule has 0 aliphatic rings. The second-order valence-electron chi connectivity index (χ2n) is 4.57. The maximum absolute atomic E-state index is 13.1. The summed E-state index contributed by atoms with van der Waals surface area (Å²) >= 11 is 0. The molecule has 0 aliphatic heterocycles. The molecule has 0 bridgehead atoms. The molecule has 2 N–H and O–H groups in total. The summed E-state index contributed by atoms with van der Waals surface area (Å²) in [5, 5.41) is 3.21. The molecule has 1 amide bonds. The minimum Gasteiger partial charge on any atom is -0.361 e. The molecule has 0 unspecified atom stereocenters. The summed E-state index contributed by atoms with van der Waals surface area (Å²) in [6.45, 7) is 0. The Balaban J connectivity index is 1.91. The highest BCUT2D eigenvalue weighted by atomic mass is 19.1. The van der Waals surface area contributed by atoms with Crippen LogP contribution in [0.5, 0.6) is 0 Å². The number of carbonyl (C=O) groups excluding carboxylic acids is 1. The molecule has 21 heavy (non-hydrogen) atoms. The van der Waals surface area contributed by atoms with Gasteiger partial charge in [0.25, 0.3) is 5.91 Å². The van der Waals surface area contributed by atoms with Crippen molar-refractivity contribution in [2.45, 2.75) is 0 Å². The van der Waals surface area contributed by atoms with Crippen molar-refractivity contribution in [2.75, 3.05) is 5.32 Å². The molecule has 0 fully saturated rings. The van der Waals surface area contributed by atoms with Gasteiger partial charge >= 0.3 is 0 Å². The predicted molar refractivity (Wildman–Crippen MR) is 78.9 cm³/mol. The van der Waals surface area contributed by atoms with E-state index in [0.717, 1.165) is 6.07 Å². The van der Waals surface area contributed by atoms with Gasteiger partial charge in [-0.3, -0.25) is 9.59 Å². The summed E-state index contributed by atoms with van der Waals surface area (Å²) in [4.78, 5) is 26.6. The summed E-state index contributed by atoms with van der Waals surface area (Å²) < 4.78 is 13.1.